The molecule has 0 aliphatic carbocycles. The van der Waals surface area contributed by atoms with Crippen molar-refractivity contribution < 1.29 is 14.3 Å². The molecule has 1 aliphatic heterocycles. The standard InChI is InChI=1S/C20H34N4O3/c1-5-23-8-10-24(11-9-23)15-16(2)13-21-20(25)22-14-17-6-7-18(26-3)19(12-17)27-4/h6-7,12,16H,5,8-11,13-15H2,1-4H3,(H2,21,22,25). The lowest BCUT2D eigenvalue weighted by atomic mass is 10.1. The van der Waals surface area contributed by atoms with E-state index in [0.717, 1.165) is 44.8 Å². The van der Waals surface area contributed by atoms with Gasteiger partial charge in [0.1, 0.15) is 0 Å². The Morgan fingerprint density at radius 1 is 1.07 bits per heavy atom. The molecule has 0 spiro atoms. The lowest BCUT2D eigenvalue weighted by molar-refractivity contribution is 0.124. The second kappa shape index (κ2) is 11.0. The fourth-order valence-corrected chi connectivity index (χ4v) is 3.30. The van der Waals surface area contributed by atoms with Crippen molar-refractivity contribution in [3.8, 4) is 11.5 Å². The first-order chi connectivity index (χ1) is 13.0. The van der Waals surface area contributed by atoms with Crippen molar-refractivity contribution in [1.29, 1.82) is 0 Å². The van der Waals surface area contributed by atoms with E-state index in [1.54, 1.807) is 14.2 Å². The SMILES string of the molecule is CCN1CCN(CC(C)CNC(=O)NCc2ccc(OC)c(OC)c2)CC1. The van der Waals surface area contributed by atoms with E-state index < -0.39 is 0 Å². The molecule has 2 amide bonds. The monoisotopic (exact) mass is 378 g/mol. The normalized spacial score (nSPS) is 16.6. The van der Waals surface area contributed by atoms with Gasteiger partial charge in [-0.15, -0.1) is 0 Å². The molecule has 1 aliphatic rings. The number of rotatable bonds is 9. The van der Waals surface area contributed by atoms with E-state index in [4.69, 9.17) is 9.47 Å². The second-order valence-electron chi connectivity index (χ2n) is 7.09. The van der Waals surface area contributed by atoms with E-state index >= 15 is 0 Å². The quantitative estimate of drug-likeness (QED) is 0.686. The topological polar surface area (TPSA) is 66.1 Å². The van der Waals surface area contributed by atoms with Crippen LogP contribution in [0.15, 0.2) is 18.2 Å². The van der Waals surface area contributed by atoms with Gasteiger partial charge in [0.25, 0.3) is 0 Å². The van der Waals surface area contributed by atoms with E-state index in [9.17, 15) is 4.79 Å². The number of benzene rings is 1. The van der Waals surface area contributed by atoms with Crippen molar-refractivity contribution in [3.05, 3.63) is 23.8 Å². The van der Waals surface area contributed by atoms with E-state index in [2.05, 4.69) is 34.3 Å². The molecule has 2 rings (SSSR count). The Morgan fingerprint density at radius 2 is 1.74 bits per heavy atom. The number of nitrogens with one attached hydrogen (secondary N) is 2. The van der Waals surface area contributed by atoms with E-state index in [0.29, 0.717) is 30.5 Å². The molecule has 0 radical (unpaired) electrons. The zero-order valence-electron chi connectivity index (χ0n) is 17.1. The van der Waals surface area contributed by atoms with Crippen LogP contribution < -0.4 is 20.1 Å². The highest BCUT2D eigenvalue weighted by Crippen LogP contribution is 2.27. The molecule has 1 fully saturated rings. The Bertz CT molecular complexity index is 589. The van der Waals surface area contributed by atoms with Crippen LogP contribution in [0.1, 0.15) is 19.4 Å². The summed E-state index contributed by atoms with van der Waals surface area (Å²) in [5.74, 6) is 1.76. The molecule has 1 atom stereocenters. The summed E-state index contributed by atoms with van der Waals surface area (Å²) in [6.07, 6.45) is 0. The van der Waals surface area contributed by atoms with Crippen LogP contribution in [0, 0.1) is 5.92 Å². The number of hydrogen-bond acceptors (Lipinski definition) is 5. The average Bonchev–Trinajstić information content (AvgIpc) is 2.71. The van der Waals surface area contributed by atoms with Gasteiger partial charge in [-0.2, -0.15) is 0 Å². The number of hydrogen-bond donors (Lipinski definition) is 2. The maximum absolute atomic E-state index is 12.1. The van der Waals surface area contributed by atoms with Gasteiger partial charge in [-0.25, -0.2) is 4.79 Å². The van der Waals surface area contributed by atoms with Crippen LogP contribution in [0.25, 0.3) is 0 Å². The highest BCUT2D eigenvalue weighted by molar-refractivity contribution is 5.73. The maximum Gasteiger partial charge on any atom is 0.315 e. The molecule has 1 aromatic carbocycles. The van der Waals surface area contributed by atoms with Crippen molar-refractivity contribution in [2.45, 2.75) is 20.4 Å². The first kappa shape index (κ1) is 21.3. The first-order valence-corrected chi connectivity index (χ1v) is 9.73. The van der Waals surface area contributed by atoms with Crippen LogP contribution in [0.4, 0.5) is 4.79 Å². The van der Waals surface area contributed by atoms with Crippen LogP contribution in [-0.4, -0.2) is 75.9 Å². The van der Waals surface area contributed by atoms with Gasteiger partial charge in [0.05, 0.1) is 14.2 Å². The first-order valence-electron chi connectivity index (χ1n) is 9.73. The smallest absolute Gasteiger partial charge is 0.315 e. The van der Waals surface area contributed by atoms with Crippen molar-refractivity contribution in [2.24, 2.45) is 5.92 Å². The van der Waals surface area contributed by atoms with E-state index in [-0.39, 0.29) is 6.03 Å². The molecule has 7 heteroatoms. The summed E-state index contributed by atoms with van der Waals surface area (Å²) >= 11 is 0. The molecule has 1 unspecified atom stereocenters. The Balaban J connectivity index is 1.67. The summed E-state index contributed by atoms with van der Waals surface area (Å²) in [6, 6.07) is 5.49. The minimum Gasteiger partial charge on any atom is -0.493 e. The second-order valence-corrected chi connectivity index (χ2v) is 7.09. The van der Waals surface area contributed by atoms with Gasteiger partial charge in [0.2, 0.25) is 0 Å². The minimum absolute atomic E-state index is 0.146. The molecule has 0 saturated carbocycles. The molecule has 0 aromatic heterocycles. The molecule has 0 bridgehead atoms. The predicted molar refractivity (Wildman–Crippen MR) is 108 cm³/mol. The van der Waals surface area contributed by atoms with Crippen molar-refractivity contribution in [1.82, 2.24) is 20.4 Å². The number of carbonyl (C=O) groups is 1. The molecule has 1 saturated heterocycles. The Labute approximate surface area is 163 Å². The van der Waals surface area contributed by atoms with Gasteiger partial charge in [0, 0.05) is 45.8 Å². The number of methoxy groups -OCH3 is 2. The summed E-state index contributed by atoms with van der Waals surface area (Å²) in [7, 11) is 3.21. The third kappa shape index (κ3) is 6.92. The molecule has 152 valence electrons. The highest BCUT2D eigenvalue weighted by Gasteiger charge is 2.17. The predicted octanol–water partition coefficient (Wildman–Crippen LogP) is 1.78. The minimum atomic E-state index is -0.146. The summed E-state index contributed by atoms with van der Waals surface area (Å²) in [6.45, 7) is 12.2. The number of nitrogens with zero attached hydrogens (tertiary/aromatic N) is 2. The highest BCUT2D eigenvalue weighted by atomic mass is 16.5. The summed E-state index contributed by atoms with van der Waals surface area (Å²) in [5, 5.41) is 5.86. The summed E-state index contributed by atoms with van der Waals surface area (Å²) in [4.78, 5) is 17.0. The Morgan fingerprint density at radius 3 is 2.37 bits per heavy atom. The summed E-state index contributed by atoms with van der Waals surface area (Å²) < 4.78 is 10.5. The zero-order chi connectivity index (χ0) is 19.6. The van der Waals surface area contributed by atoms with Gasteiger partial charge in [-0.3, -0.25) is 0 Å². The van der Waals surface area contributed by atoms with Crippen LogP contribution >= 0.6 is 0 Å². The maximum atomic E-state index is 12.1. The van der Waals surface area contributed by atoms with Crippen LogP contribution in [0.3, 0.4) is 0 Å². The number of likely N-dealkylation sites (N-methyl/N-ethyl adjacent to an activating group) is 1. The molecule has 2 N–H and O–H groups in total. The van der Waals surface area contributed by atoms with Gasteiger partial charge >= 0.3 is 6.03 Å². The molecular weight excluding hydrogens is 344 g/mol. The van der Waals surface area contributed by atoms with Crippen LogP contribution in [-0.2, 0) is 6.54 Å². The molecule has 1 heterocycles. The fraction of sp³-hybridized carbons (Fsp3) is 0.650. The average molecular weight is 379 g/mol. The lowest BCUT2D eigenvalue weighted by Crippen LogP contribution is -2.48. The fourth-order valence-electron chi connectivity index (χ4n) is 3.30. The van der Waals surface area contributed by atoms with Crippen molar-refractivity contribution in [2.75, 3.05) is 60.0 Å². The Hall–Kier alpha value is -1.99. The van der Waals surface area contributed by atoms with Gasteiger partial charge in [-0.1, -0.05) is 19.9 Å². The van der Waals surface area contributed by atoms with Gasteiger partial charge in [-0.05, 0) is 30.2 Å². The van der Waals surface area contributed by atoms with Crippen molar-refractivity contribution in [3.63, 3.8) is 0 Å². The molecule has 7 nitrogen and oxygen atoms in total. The van der Waals surface area contributed by atoms with Crippen LogP contribution in [0.2, 0.25) is 0 Å². The number of amides is 2. The zero-order valence-corrected chi connectivity index (χ0v) is 17.1. The van der Waals surface area contributed by atoms with Gasteiger partial charge < -0.3 is 29.9 Å². The molecular formula is C20H34N4O3. The molecule has 1 aromatic rings. The molecule has 27 heavy (non-hydrogen) atoms. The number of piperazine rings is 1. The van der Waals surface area contributed by atoms with Crippen LogP contribution in [0.5, 0.6) is 11.5 Å². The Kier molecular flexibility index (Phi) is 8.67. The van der Waals surface area contributed by atoms with E-state index in [1.165, 1.54) is 0 Å². The van der Waals surface area contributed by atoms with Crippen molar-refractivity contribution >= 4 is 6.03 Å². The summed E-state index contributed by atoms with van der Waals surface area (Å²) in [5.41, 5.74) is 0.963. The number of ether oxygens (including phenoxy) is 2. The number of urea groups is 1. The largest absolute Gasteiger partial charge is 0.493 e. The van der Waals surface area contributed by atoms with Gasteiger partial charge in [0.15, 0.2) is 11.5 Å². The third-order valence-electron chi connectivity index (χ3n) is 4.99. The van der Waals surface area contributed by atoms with E-state index in [1.807, 2.05) is 18.2 Å². The number of carbonyl (C=O) groups excluding carboxylic acids is 1. The third-order valence-corrected chi connectivity index (χ3v) is 4.99. The lowest BCUT2D eigenvalue weighted by Gasteiger charge is -2.35.